The van der Waals surface area contributed by atoms with Gasteiger partial charge < -0.3 is 0 Å². The number of nitrogens with zero attached hydrogens (tertiary/aromatic N) is 6. The molecular weight excluding hydrogens is 228 g/mol. The van der Waals surface area contributed by atoms with E-state index in [1.807, 2.05) is 0 Å². The summed E-state index contributed by atoms with van der Waals surface area (Å²) in [5.41, 5.74) is 9.61. The van der Waals surface area contributed by atoms with E-state index in [2.05, 4.69) is 20.1 Å². The Morgan fingerprint density at radius 3 is 3.31 bits per heavy atom. The average Bonchev–Trinajstić information content (AvgIpc) is 2.67. The van der Waals surface area contributed by atoms with Crippen LogP contribution in [0.3, 0.4) is 0 Å². The molecule has 0 aliphatic rings. The largest absolute Gasteiger partial charge is 0.222 e. The topological polar surface area (TPSA) is 79.0 Å². The van der Waals surface area contributed by atoms with Crippen molar-refractivity contribution in [1.29, 1.82) is 0 Å². The number of halogens is 1. The third-order valence-corrected chi connectivity index (χ3v) is 2.12. The Morgan fingerprint density at radius 1 is 1.62 bits per heavy atom. The first-order chi connectivity index (χ1) is 7.81. The summed E-state index contributed by atoms with van der Waals surface area (Å²) in [5.74, 6) is 0. The summed E-state index contributed by atoms with van der Waals surface area (Å²) in [6, 6.07) is 1.66. The van der Waals surface area contributed by atoms with Gasteiger partial charge in [0.1, 0.15) is 5.15 Å². The predicted molar refractivity (Wildman–Crippen MR) is 61.0 cm³/mol. The van der Waals surface area contributed by atoms with Crippen molar-refractivity contribution >= 4 is 23.3 Å². The van der Waals surface area contributed by atoms with E-state index in [1.165, 1.54) is 0 Å². The molecule has 0 spiro atoms. The molecule has 0 N–H and O–H groups in total. The molecule has 2 heterocycles. The van der Waals surface area contributed by atoms with E-state index in [0.29, 0.717) is 17.3 Å². The molecule has 2 aromatic heterocycles. The zero-order valence-corrected chi connectivity index (χ0v) is 8.91. The van der Waals surface area contributed by atoms with Crippen LogP contribution in [0, 0.1) is 0 Å². The second-order valence-corrected chi connectivity index (χ2v) is 3.32. The number of rotatable bonds is 3. The maximum Gasteiger partial charge on any atom is 0.163 e. The van der Waals surface area contributed by atoms with Crippen molar-refractivity contribution in [2.24, 2.45) is 5.11 Å². The van der Waals surface area contributed by atoms with Crippen molar-refractivity contribution in [2.75, 3.05) is 6.54 Å². The highest BCUT2D eigenvalue weighted by Gasteiger charge is 2.02. The lowest BCUT2D eigenvalue weighted by atomic mass is 10.3. The van der Waals surface area contributed by atoms with Gasteiger partial charge in [-0.25, -0.2) is 9.50 Å². The van der Waals surface area contributed by atoms with Crippen LogP contribution < -0.4 is 0 Å². The number of fused-ring (bicyclic) bond motifs is 1. The predicted octanol–water partition coefficient (Wildman–Crippen LogP) is 2.71. The molecule has 6 nitrogen and oxygen atoms in total. The Bertz CT molecular complexity index is 581. The van der Waals surface area contributed by atoms with Crippen molar-refractivity contribution in [3.63, 3.8) is 0 Å². The van der Waals surface area contributed by atoms with E-state index in [4.69, 9.17) is 17.1 Å². The van der Waals surface area contributed by atoms with Crippen LogP contribution in [0.1, 0.15) is 5.56 Å². The standard InChI is InChI=1S/C9H7ClN6/c10-8-3-5-16-9(14-8)7(6-13-16)2-1-4-12-15-11/h1-3,5-6H,4H2. The second-order valence-electron chi connectivity index (χ2n) is 2.93. The molecule has 0 unspecified atom stereocenters. The Balaban J connectivity index is 2.34. The van der Waals surface area contributed by atoms with E-state index >= 15 is 0 Å². The molecule has 0 saturated heterocycles. The van der Waals surface area contributed by atoms with E-state index < -0.39 is 0 Å². The van der Waals surface area contributed by atoms with E-state index in [-0.39, 0.29) is 0 Å². The summed E-state index contributed by atoms with van der Waals surface area (Å²) in [7, 11) is 0. The SMILES string of the molecule is [N-]=[N+]=NCC=Cc1cnn2ccc(Cl)nc12. The van der Waals surface area contributed by atoms with Crippen LogP contribution in [0.2, 0.25) is 5.15 Å². The van der Waals surface area contributed by atoms with Gasteiger partial charge in [0, 0.05) is 23.2 Å². The minimum absolute atomic E-state index is 0.300. The van der Waals surface area contributed by atoms with Crippen LogP contribution >= 0.6 is 11.6 Å². The van der Waals surface area contributed by atoms with E-state index in [9.17, 15) is 0 Å². The van der Waals surface area contributed by atoms with Gasteiger partial charge in [-0.05, 0) is 11.6 Å². The zero-order chi connectivity index (χ0) is 11.4. The molecule has 7 heteroatoms. The van der Waals surface area contributed by atoms with Crippen molar-refractivity contribution in [3.8, 4) is 0 Å². The molecule has 0 aliphatic carbocycles. The Kier molecular flexibility index (Phi) is 3.05. The van der Waals surface area contributed by atoms with E-state index in [0.717, 1.165) is 5.56 Å². The third kappa shape index (κ3) is 2.13. The minimum atomic E-state index is 0.300. The van der Waals surface area contributed by atoms with Gasteiger partial charge in [0.25, 0.3) is 0 Å². The fraction of sp³-hybridized carbons (Fsp3) is 0.111. The lowest BCUT2D eigenvalue weighted by Crippen LogP contribution is -1.89. The molecule has 0 aliphatic heterocycles. The molecule has 80 valence electrons. The van der Waals surface area contributed by atoms with Crippen molar-refractivity contribution in [1.82, 2.24) is 14.6 Å². The van der Waals surface area contributed by atoms with Gasteiger partial charge in [0.2, 0.25) is 0 Å². The molecule has 2 aromatic rings. The summed E-state index contributed by atoms with van der Waals surface area (Å²) in [6.07, 6.45) is 6.93. The van der Waals surface area contributed by atoms with Gasteiger partial charge in [-0.15, -0.1) is 0 Å². The van der Waals surface area contributed by atoms with Gasteiger partial charge in [0.15, 0.2) is 5.65 Å². The Hall–Kier alpha value is -2.04. The first-order valence-electron chi connectivity index (χ1n) is 4.48. The molecule has 16 heavy (non-hydrogen) atoms. The summed E-state index contributed by atoms with van der Waals surface area (Å²) >= 11 is 5.79. The highest BCUT2D eigenvalue weighted by atomic mass is 35.5. The van der Waals surface area contributed by atoms with Gasteiger partial charge in [0.05, 0.1) is 6.20 Å². The summed E-state index contributed by atoms with van der Waals surface area (Å²) in [4.78, 5) is 6.79. The summed E-state index contributed by atoms with van der Waals surface area (Å²) in [5, 5.41) is 7.90. The monoisotopic (exact) mass is 234 g/mol. The number of hydrogen-bond donors (Lipinski definition) is 0. The van der Waals surface area contributed by atoms with Gasteiger partial charge in [-0.2, -0.15) is 5.10 Å². The molecule has 0 atom stereocenters. The molecule has 0 amide bonds. The van der Waals surface area contributed by atoms with Crippen LogP contribution in [-0.2, 0) is 0 Å². The Morgan fingerprint density at radius 2 is 2.50 bits per heavy atom. The van der Waals surface area contributed by atoms with Gasteiger partial charge >= 0.3 is 0 Å². The number of hydrogen-bond acceptors (Lipinski definition) is 3. The smallest absolute Gasteiger partial charge is 0.163 e. The molecular formula is C9H7ClN6. The first-order valence-corrected chi connectivity index (χ1v) is 4.86. The Labute approximate surface area is 95.8 Å². The molecule has 0 radical (unpaired) electrons. The molecule has 0 saturated carbocycles. The molecule has 0 fully saturated rings. The zero-order valence-electron chi connectivity index (χ0n) is 8.16. The highest BCUT2D eigenvalue weighted by Crippen LogP contribution is 2.12. The maximum atomic E-state index is 8.11. The quantitative estimate of drug-likeness (QED) is 0.354. The lowest BCUT2D eigenvalue weighted by molar-refractivity contribution is 0.939. The minimum Gasteiger partial charge on any atom is -0.222 e. The van der Waals surface area contributed by atoms with Gasteiger partial charge in [-0.1, -0.05) is 28.9 Å². The number of azide groups is 1. The number of aromatic nitrogens is 3. The summed E-state index contributed by atoms with van der Waals surface area (Å²) < 4.78 is 1.62. The maximum absolute atomic E-state index is 8.11. The van der Waals surface area contributed by atoms with Crippen LogP contribution in [0.15, 0.2) is 29.7 Å². The van der Waals surface area contributed by atoms with Crippen molar-refractivity contribution in [3.05, 3.63) is 45.7 Å². The average molecular weight is 235 g/mol. The summed E-state index contributed by atoms with van der Waals surface area (Å²) in [6.45, 7) is 0.300. The highest BCUT2D eigenvalue weighted by molar-refractivity contribution is 6.29. The fourth-order valence-electron chi connectivity index (χ4n) is 1.25. The van der Waals surface area contributed by atoms with E-state index in [1.54, 1.807) is 35.1 Å². The first kappa shape index (κ1) is 10.5. The lowest BCUT2D eigenvalue weighted by Gasteiger charge is -1.93. The van der Waals surface area contributed by atoms with Crippen LogP contribution in [0.4, 0.5) is 0 Å². The van der Waals surface area contributed by atoms with Crippen molar-refractivity contribution < 1.29 is 0 Å². The molecule has 2 rings (SSSR count). The third-order valence-electron chi connectivity index (χ3n) is 1.91. The fourth-order valence-corrected chi connectivity index (χ4v) is 1.38. The van der Waals surface area contributed by atoms with Crippen molar-refractivity contribution in [2.45, 2.75) is 0 Å². The van der Waals surface area contributed by atoms with Crippen LogP contribution in [-0.4, -0.2) is 21.1 Å². The second kappa shape index (κ2) is 4.65. The normalized spacial score (nSPS) is 10.8. The van der Waals surface area contributed by atoms with Gasteiger partial charge in [-0.3, -0.25) is 0 Å². The molecule has 0 bridgehead atoms. The van der Waals surface area contributed by atoms with Crippen LogP contribution in [0.25, 0.3) is 22.2 Å². The van der Waals surface area contributed by atoms with Crippen LogP contribution in [0.5, 0.6) is 0 Å². The molecule has 0 aromatic carbocycles.